The van der Waals surface area contributed by atoms with Crippen LogP contribution in [0.1, 0.15) is 41.4 Å². The summed E-state index contributed by atoms with van der Waals surface area (Å²) in [6, 6.07) is 11.2. The lowest BCUT2D eigenvalue weighted by Gasteiger charge is -2.29. The molecule has 0 fully saturated rings. The molecule has 168 valence electrons. The lowest BCUT2D eigenvalue weighted by molar-refractivity contribution is -0.452. The van der Waals surface area contributed by atoms with Crippen LogP contribution >= 0.6 is 0 Å². The van der Waals surface area contributed by atoms with Crippen molar-refractivity contribution >= 4 is 17.6 Å². The predicted molar refractivity (Wildman–Crippen MR) is 120 cm³/mol. The Morgan fingerprint density at radius 1 is 1.22 bits per heavy atom. The Morgan fingerprint density at radius 2 is 1.94 bits per heavy atom. The van der Waals surface area contributed by atoms with Gasteiger partial charge in [-0.25, -0.2) is 14.0 Å². The molecule has 0 saturated carbocycles. The highest BCUT2D eigenvalue weighted by molar-refractivity contribution is 5.89. The molecule has 0 aromatic heterocycles. The molecule has 0 bridgehead atoms. The maximum atomic E-state index is 14.3. The van der Waals surface area contributed by atoms with E-state index in [1.54, 1.807) is 41.9 Å². The molecule has 0 spiro atoms. The summed E-state index contributed by atoms with van der Waals surface area (Å²) in [5.41, 5.74) is 2.36. The number of amides is 1. The van der Waals surface area contributed by atoms with Gasteiger partial charge in [-0.15, -0.1) is 0 Å². The van der Waals surface area contributed by atoms with E-state index in [-0.39, 0.29) is 17.3 Å². The second-order valence-corrected chi connectivity index (χ2v) is 7.90. The summed E-state index contributed by atoms with van der Waals surface area (Å²) in [7, 11) is 0. The number of benzene rings is 2. The highest BCUT2D eigenvalue weighted by Gasteiger charge is 2.29. The number of ether oxygens (including phenoxy) is 1. The van der Waals surface area contributed by atoms with Gasteiger partial charge in [0.05, 0.1) is 18.7 Å². The van der Waals surface area contributed by atoms with Crippen LogP contribution in [0, 0.1) is 12.7 Å². The van der Waals surface area contributed by atoms with Gasteiger partial charge in [0.25, 0.3) is 0 Å². The van der Waals surface area contributed by atoms with E-state index in [0.717, 1.165) is 5.71 Å². The summed E-state index contributed by atoms with van der Waals surface area (Å²) < 4.78 is 22.2. The molecule has 6 nitrogen and oxygen atoms in total. The molecule has 2 aromatic rings. The van der Waals surface area contributed by atoms with Crippen LogP contribution < -0.4 is 4.74 Å². The molecule has 1 heterocycles. The maximum Gasteiger partial charge on any atom is 0.411 e. The fourth-order valence-electron chi connectivity index (χ4n) is 3.70. The standard InChI is InChI=1S/C25H27FN2O4/c1-4-5-24(29)28-13-12-27(15-18(28)3)16-23(20-7-6-17(2)22(26)14-20)32-21-10-8-19(9-11-21)25(30)31/h4-11,14,23H,12-13,15-16H2,1-3H3/p+1/b5-4+/t23-/m1/s1. The summed E-state index contributed by atoms with van der Waals surface area (Å²) in [5.74, 6) is -0.841. The molecule has 1 amide bonds. The average Bonchev–Trinajstić information content (AvgIpc) is 2.76. The third kappa shape index (κ3) is 5.68. The first-order chi connectivity index (χ1) is 15.3. The second kappa shape index (κ2) is 10.3. The number of carboxylic acids is 1. The van der Waals surface area contributed by atoms with Gasteiger partial charge in [0.2, 0.25) is 0 Å². The van der Waals surface area contributed by atoms with Crippen molar-refractivity contribution in [3.05, 3.63) is 77.1 Å². The van der Waals surface area contributed by atoms with E-state index in [1.807, 2.05) is 19.9 Å². The molecule has 0 aliphatic carbocycles. The van der Waals surface area contributed by atoms with E-state index in [9.17, 15) is 14.0 Å². The summed E-state index contributed by atoms with van der Waals surface area (Å²) in [6.07, 6.45) is 2.82. The first-order valence-corrected chi connectivity index (χ1v) is 10.5. The number of hydrogen-bond acceptors (Lipinski definition) is 4. The van der Waals surface area contributed by atoms with E-state index in [2.05, 4.69) is 4.90 Å². The highest BCUT2D eigenvalue weighted by atomic mass is 19.1. The number of carbonyl (C=O) groups excluding carboxylic acids is 1. The number of aryl methyl sites for hydroxylation is 1. The van der Waals surface area contributed by atoms with Crippen LogP contribution in [0.3, 0.4) is 0 Å². The van der Waals surface area contributed by atoms with Crippen molar-refractivity contribution in [3.8, 4) is 5.75 Å². The molecule has 0 radical (unpaired) electrons. The monoisotopic (exact) mass is 439 g/mol. The fraction of sp³-hybridized carbons (Fsp3) is 0.320. The number of nitrogens with zero attached hydrogens (tertiary/aromatic N) is 2. The van der Waals surface area contributed by atoms with Gasteiger partial charge in [0, 0.05) is 19.5 Å². The normalized spacial score (nSPS) is 15.8. The fourth-order valence-corrected chi connectivity index (χ4v) is 3.70. The van der Waals surface area contributed by atoms with Gasteiger partial charge in [-0.2, -0.15) is 4.58 Å². The zero-order chi connectivity index (χ0) is 23.3. The van der Waals surface area contributed by atoms with Crippen molar-refractivity contribution in [2.24, 2.45) is 0 Å². The van der Waals surface area contributed by atoms with Crippen molar-refractivity contribution in [3.63, 3.8) is 0 Å². The largest absolute Gasteiger partial charge is 0.484 e. The molecule has 32 heavy (non-hydrogen) atoms. The Morgan fingerprint density at radius 3 is 2.53 bits per heavy atom. The summed E-state index contributed by atoms with van der Waals surface area (Å²) >= 11 is 0. The minimum Gasteiger partial charge on any atom is -0.484 e. The molecule has 1 atom stereocenters. The van der Waals surface area contributed by atoms with Gasteiger partial charge < -0.3 is 9.84 Å². The third-order valence-corrected chi connectivity index (χ3v) is 5.50. The van der Waals surface area contributed by atoms with Gasteiger partial charge in [0.15, 0.2) is 12.3 Å². The first-order valence-electron chi connectivity index (χ1n) is 10.5. The smallest absolute Gasteiger partial charge is 0.411 e. The maximum absolute atomic E-state index is 14.3. The molecular weight excluding hydrogens is 411 g/mol. The summed E-state index contributed by atoms with van der Waals surface area (Å²) in [5, 5.41) is 9.10. The number of aromatic carboxylic acids is 1. The van der Waals surface area contributed by atoms with Gasteiger partial charge in [-0.1, -0.05) is 18.2 Å². The Hall–Kier alpha value is -3.32. The van der Waals surface area contributed by atoms with Crippen molar-refractivity contribution < 1.29 is 28.4 Å². The number of rotatable bonds is 7. The number of carbonyl (C=O) groups is 2. The molecular formula is C25H28FN2O4+. The number of allylic oxidation sites excluding steroid dienone is 1. The SMILES string of the molecule is C/C=C/C(=O)[N+]1=C(C)CN(C[C@@H](Oc2ccc(C(=O)O)cc2)c2ccc(C)c(F)c2)CC1. The van der Waals surface area contributed by atoms with Crippen LogP contribution in [-0.4, -0.2) is 58.3 Å². The van der Waals surface area contributed by atoms with E-state index in [4.69, 9.17) is 9.84 Å². The second-order valence-electron chi connectivity index (χ2n) is 7.90. The quantitative estimate of drug-likeness (QED) is 0.524. The van der Waals surface area contributed by atoms with Crippen LogP contribution in [-0.2, 0) is 4.79 Å². The van der Waals surface area contributed by atoms with Crippen LogP contribution in [0.2, 0.25) is 0 Å². The summed E-state index contributed by atoms with van der Waals surface area (Å²) in [6.45, 7) is 7.76. The molecule has 1 N–H and O–H groups in total. The van der Waals surface area contributed by atoms with Crippen molar-refractivity contribution in [1.82, 2.24) is 4.90 Å². The third-order valence-electron chi connectivity index (χ3n) is 5.50. The molecule has 1 aliphatic heterocycles. The molecule has 2 aromatic carbocycles. The van der Waals surface area contributed by atoms with Crippen molar-refractivity contribution in [1.29, 1.82) is 0 Å². The van der Waals surface area contributed by atoms with Crippen molar-refractivity contribution in [2.75, 3.05) is 26.2 Å². The zero-order valence-corrected chi connectivity index (χ0v) is 18.5. The van der Waals surface area contributed by atoms with Crippen LogP contribution in [0.4, 0.5) is 4.39 Å². The molecule has 0 unspecified atom stereocenters. The van der Waals surface area contributed by atoms with Crippen LogP contribution in [0.25, 0.3) is 0 Å². The topological polar surface area (TPSA) is 69.8 Å². The molecule has 0 saturated heterocycles. The van der Waals surface area contributed by atoms with Gasteiger partial charge in [-0.05, 0) is 55.3 Å². The lowest BCUT2D eigenvalue weighted by Crippen LogP contribution is -2.47. The molecule has 7 heteroatoms. The van der Waals surface area contributed by atoms with Crippen molar-refractivity contribution in [2.45, 2.75) is 26.9 Å². The summed E-state index contributed by atoms with van der Waals surface area (Å²) in [4.78, 5) is 25.5. The van der Waals surface area contributed by atoms with Crippen LogP contribution in [0.15, 0.2) is 54.6 Å². The lowest BCUT2D eigenvalue weighted by atomic mass is 10.1. The molecule has 3 rings (SSSR count). The zero-order valence-electron chi connectivity index (χ0n) is 18.5. The first kappa shape index (κ1) is 23.3. The van der Waals surface area contributed by atoms with E-state index in [1.165, 1.54) is 18.2 Å². The average molecular weight is 440 g/mol. The Bertz CT molecular complexity index is 1060. The minimum absolute atomic E-state index is 0.0309. The molecule has 1 aliphatic rings. The van der Waals surface area contributed by atoms with Gasteiger partial charge in [-0.3, -0.25) is 4.90 Å². The number of halogens is 1. The minimum atomic E-state index is -1.01. The van der Waals surface area contributed by atoms with E-state index < -0.39 is 12.1 Å². The van der Waals surface area contributed by atoms with Crippen LogP contribution in [0.5, 0.6) is 5.75 Å². The predicted octanol–water partition coefficient (Wildman–Crippen LogP) is 3.84. The number of carboxylic acid groups (broad SMARTS) is 1. The Balaban J connectivity index is 1.82. The number of hydrogen-bond donors (Lipinski definition) is 1. The van der Waals surface area contributed by atoms with Gasteiger partial charge in [0.1, 0.15) is 17.7 Å². The Kier molecular flexibility index (Phi) is 7.53. The Labute approximate surface area is 187 Å². The highest BCUT2D eigenvalue weighted by Crippen LogP contribution is 2.25. The van der Waals surface area contributed by atoms with E-state index in [0.29, 0.717) is 43.1 Å². The van der Waals surface area contributed by atoms with Gasteiger partial charge >= 0.3 is 11.9 Å². The van der Waals surface area contributed by atoms with E-state index >= 15 is 0 Å².